The Morgan fingerprint density at radius 3 is 2.78 bits per heavy atom. The SMILES string of the molecule is Cc1cccc(-c2nc(C(C)(C)CCN)cs2)c1. The molecule has 0 bridgehead atoms. The zero-order valence-electron chi connectivity index (χ0n) is 11.2. The third kappa shape index (κ3) is 2.79. The largest absolute Gasteiger partial charge is 0.330 e. The number of hydrogen-bond donors (Lipinski definition) is 1. The van der Waals surface area contributed by atoms with Gasteiger partial charge < -0.3 is 5.73 Å². The predicted octanol–water partition coefficient (Wildman–Crippen LogP) is 3.74. The van der Waals surface area contributed by atoms with Crippen LogP contribution in [0.25, 0.3) is 10.6 Å². The lowest BCUT2D eigenvalue weighted by Crippen LogP contribution is -2.22. The maximum atomic E-state index is 5.67. The van der Waals surface area contributed by atoms with Gasteiger partial charge in [0.25, 0.3) is 0 Å². The molecule has 0 amide bonds. The van der Waals surface area contributed by atoms with E-state index in [2.05, 4.69) is 50.4 Å². The van der Waals surface area contributed by atoms with E-state index in [0.29, 0.717) is 6.54 Å². The summed E-state index contributed by atoms with van der Waals surface area (Å²) in [6, 6.07) is 8.48. The number of benzene rings is 1. The molecule has 1 aromatic carbocycles. The Labute approximate surface area is 113 Å². The van der Waals surface area contributed by atoms with Crippen LogP contribution in [0.3, 0.4) is 0 Å². The van der Waals surface area contributed by atoms with Gasteiger partial charge >= 0.3 is 0 Å². The van der Waals surface area contributed by atoms with E-state index in [0.717, 1.165) is 17.1 Å². The Kier molecular flexibility index (Phi) is 3.83. The van der Waals surface area contributed by atoms with Crippen LogP contribution >= 0.6 is 11.3 Å². The van der Waals surface area contributed by atoms with E-state index in [4.69, 9.17) is 10.7 Å². The molecule has 0 spiro atoms. The Morgan fingerprint density at radius 2 is 2.11 bits per heavy atom. The van der Waals surface area contributed by atoms with Crippen molar-refractivity contribution in [2.24, 2.45) is 5.73 Å². The lowest BCUT2D eigenvalue weighted by molar-refractivity contribution is 0.476. The average molecular weight is 260 g/mol. The summed E-state index contributed by atoms with van der Waals surface area (Å²) in [5.74, 6) is 0. The molecule has 2 nitrogen and oxygen atoms in total. The molecule has 2 rings (SSSR count). The fourth-order valence-corrected chi connectivity index (χ4v) is 2.99. The minimum atomic E-state index is 0.0628. The maximum Gasteiger partial charge on any atom is 0.123 e. The summed E-state index contributed by atoms with van der Waals surface area (Å²) in [5, 5.41) is 3.26. The van der Waals surface area contributed by atoms with E-state index in [-0.39, 0.29) is 5.41 Å². The van der Waals surface area contributed by atoms with Gasteiger partial charge in [-0.1, -0.05) is 37.6 Å². The molecule has 0 saturated heterocycles. The van der Waals surface area contributed by atoms with Crippen molar-refractivity contribution in [3.05, 3.63) is 40.9 Å². The Morgan fingerprint density at radius 1 is 1.33 bits per heavy atom. The molecule has 0 aliphatic heterocycles. The van der Waals surface area contributed by atoms with E-state index < -0.39 is 0 Å². The topological polar surface area (TPSA) is 38.9 Å². The lowest BCUT2D eigenvalue weighted by Gasteiger charge is -2.21. The van der Waals surface area contributed by atoms with Gasteiger partial charge in [-0.15, -0.1) is 11.3 Å². The second kappa shape index (κ2) is 5.21. The quantitative estimate of drug-likeness (QED) is 0.909. The van der Waals surface area contributed by atoms with E-state index in [1.807, 2.05) is 0 Å². The molecule has 2 N–H and O–H groups in total. The van der Waals surface area contributed by atoms with Crippen LogP contribution < -0.4 is 5.73 Å². The second-order valence-corrected chi connectivity index (χ2v) is 6.19. The van der Waals surface area contributed by atoms with Gasteiger partial charge in [0.15, 0.2) is 0 Å². The van der Waals surface area contributed by atoms with Crippen LogP contribution in [0.2, 0.25) is 0 Å². The number of aryl methyl sites for hydroxylation is 1. The number of nitrogens with two attached hydrogens (primary N) is 1. The molecule has 1 aromatic heterocycles. The monoisotopic (exact) mass is 260 g/mol. The van der Waals surface area contributed by atoms with Crippen molar-refractivity contribution in [3.8, 4) is 10.6 Å². The maximum absolute atomic E-state index is 5.67. The van der Waals surface area contributed by atoms with Gasteiger partial charge in [0.1, 0.15) is 5.01 Å². The van der Waals surface area contributed by atoms with Crippen LogP contribution in [-0.4, -0.2) is 11.5 Å². The molecule has 1 heterocycles. The standard InChI is InChI=1S/C15H20N2S/c1-11-5-4-6-12(9-11)14-17-13(10-18-14)15(2,3)7-8-16/h4-6,9-10H,7-8,16H2,1-3H3. The van der Waals surface area contributed by atoms with Crippen molar-refractivity contribution in [1.29, 1.82) is 0 Å². The van der Waals surface area contributed by atoms with Crippen LogP contribution in [0.5, 0.6) is 0 Å². The lowest BCUT2D eigenvalue weighted by atomic mass is 9.86. The average Bonchev–Trinajstić information content (AvgIpc) is 2.78. The predicted molar refractivity (Wildman–Crippen MR) is 79.0 cm³/mol. The van der Waals surface area contributed by atoms with Crippen LogP contribution in [0.15, 0.2) is 29.6 Å². The normalized spacial score (nSPS) is 11.8. The van der Waals surface area contributed by atoms with E-state index >= 15 is 0 Å². The van der Waals surface area contributed by atoms with Gasteiger partial charge in [-0.2, -0.15) is 0 Å². The fourth-order valence-electron chi connectivity index (χ4n) is 1.98. The highest BCUT2D eigenvalue weighted by molar-refractivity contribution is 7.13. The highest BCUT2D eigenvalue weighted by Gasteiger charge is 2.22. The molecular formula is C15H20N2S. The van der Waals surface area contributed by atoms with Gasteiger partial charge in [0, 0.05) is 16.4 Å². The fraction of sp³-hybridized carbons (Fsp3) is 0.400. The van der Waals surface area contributed by atoms with Gasteiger partial charge in [0.05, 0.1) is 5.69 Å². The number of aromatic nitrogens is 1. The number of rotatable bonds is 4. The molecule has 3 heteroatoms. The van der Waals surface area contributed by atoms with Gasteiger partial charge in [-0.3, -0.25) is 0 Å². The van der Waals surface area contributed by atoms with Crippen molar-refractivity contribution < 1.29 is 0 Å². The third-order valence-corrected chi connectivity index (χ3v) is 4.12. The summed E-state index contributed by atoms with van der Waals surface area (Å²) in [6.07, 6.45) is 0.962. The first-order valence-electron chi connectivity index (χ1n) is 6.26. The van der Waals surface area contributed by atoms with Crippen LogP contribution in [0, 0.1) is 6.92 Å². The molecular weight excluding hydrogens is 240 g/mol. The summed E-state index contributed by atoms with van der Waals surface area (Å²) < 4.78 is 0. The highest BCUT2D eigenvalue weighted by Crippen LogP contribution is 2.31. The third-order valence-electron chi connectivity index (χ3n) is 3.23. The smallest absolute Gasteiger partial charge is 0.123 e. The van der Waals surface area contributed by atoms with Gasteiger partial charge in [0.2, 0.25) is 0 Å². The highest BCUT2D eigenvalue weighted by atomic mass is 32.1. The molecule has 0 saturated carbocycles. The first-order valence-corrected chi connectivity index (χ1v) is 7.14. The van der Waals surface area contributed by atoms with Gasteiger partial charge in [-0.05, 0) is 26.0 Å². The first kappa shape index (κ1) is 13.2. The molecule has 0 aliphatic rings. The molecule has 0 atom stereocenters. The van der Waals surface area contributed by atoms with E-state index in [1.54, 1.807) is 11.3 Å². The zero-order valence-corrected chi connectivity index (χ0v) is 12.1. The van der Waals surface area contributed by atoms with Crippen LogP contribution in [-0.2, 0) is 5.41 Å². The second-order valence-electron chi connectivity index (χ2n) is 5.33. The van der Waals surface area contributed by atoms with Crippen molar-refractivity contribution in [2.75, 3.05) is 6.54 Å². The zero-order chi connectivity index (χ0) is 13.2. The molecule has 0 fully saturated rings. The number of hydrogen-bond acceptors (Lipinski definition) is 3. The van der Waals surface area contributed by atoms with Crippen LogP contribution in [0.4, 0.5) is 0 Å². The molecule has 0 unspecified atom stereocenters. The van der Waals surface area contributed by atoms with Crippen molar-refractivity contribution in [1.82, 2.24) is 4.98 Å². The first-order chi connectivity index (χ1) is 8.53. The van der Waals surface area contributed by atoms with E-state index in [1.165, 1.54) is 11.1 Å². The van der Waals surface area contributed by atoms with Crippen molar-refractivity contribution in [2.45, 2.75) is 32.6 Å². The molecule has 96 valence electrons. The van der Waals surface area contributed by atoms with E-state index in [9.17, 15) is 0 Å². The Bertz CT molecular complexity index is 529. The summed E-state index contributed by atoms with van der Waals surface area (Å²) >= 11 is 1.71. The van der Waals surface area contributed by atoms with Crippen LogP contribution in [0.1, 0.15) is 31.5 Å². The van der Waals surface area contributed by atoms with Gasteiger partial charge in [-0.25, -0.2) is 4.98 Å². The minimum absolute atomic E-state index is 0.0628. The molecule has 0 radical (unpaired) electrons. The summed E-state index contributed by atoms with van der Waals surface area (Å²) in [6.45, 7) is 7.21. The summed E-state index contributed by atoms with van der Waals surface area (Å²) in [4.78, 5) is 4.77. The van der Waals surface area contributed by atoms with Crippen molar-refractivity contribution in [3.63, 3.8) is 0 Å². The number of thiazole rings is 1. The van der Waals surface area contributed by atoms with Crippen molar-refractivity contribution >= 4 is 11.3 Å². The number of nitrogens with zero attached hydrogens (tertiary/aromatic N) is 1. The Balaban J connectivity index is 2.31. The molecule has 18 heavy (non-hydrogen) atoms. The summed E-state index contributed by atoms with van der Waals surface area (Å²) in [5.41, 5.74) is 9.35. The molecule has 0 aliphatic carbocycles. The Hall–Kier alpha value is -1.19. The molecule has 2 aromatic rings. The summed E-state index contributed by atoms with van der Waals surface area (Å²) in [7, 11) is 0. The minimum Gasteiger partial charge on any atom is -0.330 e.